The molecule has 0 aromatic heterocycles. The van der Waals surface area contributed by atoms with E-state index in [0.717, 1.165) is 16.7 Å². The second-order valence-corrected chi connectivity index (χ2v) is 4.60. The van der Waals surface area contributed by atoms with Gasteiger partial charge in [0.2, 0.25) is 5.91 Å². The Labute approximate surface area is 105 Å². The summed E-state index contributed by atoms with van der Waals surface area (Å²) in [4.78, 5) is 13.3. The average Bonchev–Trinajstić information content (AvgIpc) is 2.26. The molecule has 0 aliphatic carbocycles. The molecule has 0 aliphatic rings. The molecular formula is C12H17BrN2O. The number of carbonyl (C=O) groups is 1. The lowest BCUT2D eigenvalue weighted by atomic mass is 10.2. The molecule has 16 heavy (non-hydrogen) atoms. The summed E-state index contributed by atoms with van der Waals surface area (Å²) in [5, 5.41) is 3.12. The normalized spacial score (nSPS) is 10.0. The van der Waals surface area contributed by atoms with Crippen LogP contribution in [-0.4, -0.2) is 30.9 Å². The summed E-state index contributed by atoms with van der Waals surface area (Å²) >= 11 is 3.46. The Balaban J connectivity index is 2.58. The first-order chi connectivity index (χ1) is 7.54. The van der Waals surface area contributed by atoms with Gasteiger partial charge in [0, 0.05) is 23.8 Å². The lowest BCUT2D eigenvalue weighted by Crippen LogP contribution is -2.31. The van der Waals surface area contributed by atoms with Gasteiger partial charge in [-0.3, -0.25) is 4.79 Å². The number of anilines is 1. The Morgan fingerprint density at radius 3 is 2.75 bits per heavy atom. The zero-order valence-corrected chi connectivity index (χ0v) is 11.5. The van der Waals surface area contributed by atoms with Crippen LogP contribution in [0.25, 0.3) is 0 Å². The van der Waals surface area contributed by atoms with Crippen LogP contribution in [-0.2, 0) is 4.79 Å². The quantitative estimate of drug-likeness (QED) is 0.922. The number of rotatable bonds is 4. The van der Waals surface area contributed by atoms with E-state index in [1.54, 1.807) is 11.9 Å². The summed E-state index contributed by atoms with van der Waals surface area (Å²) in [6, 6.07) is 6.01. The molecule has 1 aromatic rings. The number of halogens is 1. The molecule has 0 spiro atoms. The minimum atomic E-state index is 0.0926. The minimum Gasteiger partial charge on any atom is -0.375 e. The molecule has 0 unspecified atom stereocenters. The van der Waals surface area contributed by atoms with E-state index in [9.17, 15) is 4.79 Å². The standard InChI is InChI=1S/C12H17BrN2O/c1-4-15(3)12(16)8-14-11-6-5-9(2)7-10(11)13/h5-7,14H,4,8H2,1-3H3. The van der Waals surface area contributed by atoms with Crippen molar-refractivity contribution in [2.45, 2.75) is 13.8 Å². The maximum absolute atomic E-state index is 11.6. The van der Waals surface area contributed by atoms with Crippen LogP contribution in [0, 0.1) is 6.92 Å². The Morgan fingerprint density at radius 1 is 1.50 bits per heavy atom. The monoisotopic (exact) mass is 284 g/mol. The Hall–Kier alpha value is -1.03. The number of hydrogen-bond acceptors (Lipinski definition) is 2. The van der Waals surface area contributed by atoms with E-state index in [1.165, 1.54) is 5.56 Å². The first kappa shape index (κ1) is 13.0. The molecule has 1 aromatic carbocycles. The highest BCUT2D eigenvalue weighted by Crippen LogP contribution is 2.22. The minimum absolute atomic E-state index is 0.0926. The van der Waals surface area contributed by atoms with Crippen molar-refractivity contribution >= 4 is 27.5 Å². The topological polar surface area (TPSA) is 32.3 Å². The summed E-state index contributed by atoms with van der Waals surface area (Å²) in [6.07, 6.45) is 0. The van der Waals surface area contributed by atoms with Gasteiger partial charge >= 0.3 is 0 Å². The number of amides is 1. The van der Waals surface area contributed by atoms with Gasteiger partial charge in [-0.15, -0.1) is 0 Å². The zero-order valence-electron chi connectivity index (χ0n) is 9.88. The molecule has 0 bridgehead atoms. The first-order valence-electron chi connectivity index (χ1n) is 5.28. The predicted octanol–water partition coefficient (Wildman–Crippen LogP) is 2.65. The van der Waals surface area contributed by atoms with Gasteiger partial charge in [-0.2, -0.15) is 0 Å². The lowest BCUT2D eigenvalue weighted by Gasteiger charge is -2.15. The van der Waals surface area contributed by atoms with Crippen LogP contribution in [0.2, 0.25) is 0 Å². The molecule has 0 saturated carbocycles. The summed E-state index contributed by atoms with van der Waals surface area (Å²) in [5.74, 6) is 0.0926. The maximum atomic E-state index is 11.6. The van der Waals surface area contributed by atoms with Crippen LogP contribution in [0.1, 0.15) is 12.5 Å². The van der Waals surface area contributed by atoms with E-state index in [0.29, 0.717) is 6.54 Å². The zero-order chi connectivity index (χ0) is 12.1. The number of nitrogens with one attached hydrogen (secondary N) is 1. The molecule has 88 valence electrons. The third-order valence-electron chi connectivity index (χ3n) is 2.45. The van der Waals surface area contributed by atoms with Gasteiger partial charge < -0.3 is 10.2 Å². The molecule has 4 heteroatoms. The smallest absolute Gasteiger partial charge is 0.241 e. The van der Waals surface area contributed by atoms with E-state index >= 15 is 0 Å². The number of aryl methyl sites for hydroxylation is 1. The van der Waals surface area contributed by atoms with Crippen LogP contribution in [0.15, 0.2) is 22.7 Å². The van der Waals surface area contributed by atoms with Gasteiger partial charge in [0.05, 0.1) is 6.54 Å². The largest absolute Gasteiger partial charge is 0.375 e. The molecule has 3 nitrogen and oxygen atoms in total. The molecule has 0 aliphatic heterocycles. The summed E-state index contributed by atoms with van der Waals surface area (Å²) in [5.41, 5.74) is 2.14. The van der Waals surface area contributed by atoms with Crippen LogP contribution >= 0.6 is 15.9 Å². The number of hydrogen-bond donors (Lipinski definition) is 1. The van der Waals surface area contributed by atoms with Crippen LogP contribution in [0.3, 0.4) is 0 Å². The van der Waals surface area contributed by atoms with Crippen LogP contribution in [0.5, 0.6) is 0 Å². The Kier molecular flexibility index (Phi) is 4.80. The molecule has 0 heterocycles. The van der Waals surface area contributed by atoms with E-state index < -0.39 is 0 Å². The first-order valence-corrected chi connectivity index (χ1v) is 6.08. The SMILES string of the molecule is CCN(C)C(=O)CNc1ccc(C)cc1Br. The van der Waals surface area contributed by atoms with Crippen LogP contribution < -0.4 is 5.32 Å². The molecule has 1 amide bonds. The van der Waals surface area contributed by atoms with Crippen LogP contribution in [0.4, 0.5) is 5.69 Å². The third-order valence-corrected chi connectivity index (χ3v) is 3.11. The summed E-state index contributed by atoms with van der Waals surface area (Å²) in [7, 11) is 1.80. The highest BCUT2D eigenvalue weighted by atomic mass is 79.9. The predicted molar refractivity (Wildman–Crippen MR) is 70.7 cm³/mol. The van der Waals surface area contributed by atoms with Gasteiger partial charge in [0.1, 0.15) is 0 Å². The fraction of sp³-hybridized carbons (Fsp3) is 0.417. The average molecular weight is 285 g/mol. The number of carbonyl (C=O) groups excluding carboxylic acids is 1. The summed E-state index contributed by atoms with van der Waals surface area (Å²) in [6.45, 7) is 5.05. The van der Waals surface area contributed by atoms with Gasteiger partial charge in [-0.05, 0) is 47.5 Å². The van der Waals surface area contributed by atoms with Crippen molar-refractivity contribution in [1.82, 2.24) is 4.90 Å². The fourth-order valence-corrected chi connectivity index (χ4v) is 1.88. The van der Waals surface area contributed by atoms with E-state index in [1.807, 2.05) is 32.0 Å². The number of nitrogens with zero attached hydrogens (tertiary/aromatic N) is 1. The third kappa shape index (κ3) is 3.52. The number of likely N-dealkylation sites (N-methyl/N-ethyl adjacent to an activating group) is 1. The molecule has 1 N–H and O–H groups in total. The van der Waals surface area contributed by atoms with Gasteiger partial charge in [-0.1, -0.05) is 6.07 Å². The maximum Gasteiger partial charge on any atom is 0.241 e. The molecule has 1 rings (SSSR count). The molecule has 0 radical (unpaired) electrons. The van der Waals surface area contributed by atoms with Gasteiger partial charge in [-0.25, -0.2) is 0 Å². The highest BCUT2D eigenvalue weighted by Gasteiger charge is 2.07. The second kappa shape index (κ2) is 5.89. The van der Waals surface area contributed by atoms with Crippen molar-refractivity contribution < 1.29 is 4.79 Å². The molecule has 0 saturated heterocycles. The number of benzene rings is 1. The second-order valence-electron chi connectivity index (χ2n) is 3.74. The lowest BCUT2D eigenvalue weighted by molar-refractivity contribution is -0.127. The Morgan fingerprint density at radius 2 is 2.19 bits per heavy atom. The fourth-order valence-electron chi connectivity index (χ4n) is 1.25. The van der Waals surface area contributed by atoms with E-state index in [-0.39, 0.29) is 5.91 Å². The van der Waals surface area contributed by atoms with Crippen molar-refractivity contribution in [3.8, 4) is 0 Å². The molecule has 0 atom stereocenters. The van der Waals surface area contributed by atoms with Crippen molar-refractivity contribution in [3.05, 3.63) is 28.2 Å². The molecule has 0 fully saturated rings. The van der Waals surface area contributed by atoms with Gasteiger partial charge in [0.15, 0.2) is 0 Å². The Bertz CT molecular complexity index is 379. The molecular weight excluding hydrogens is 268 g/mol. The summed E-state index contributed by atoms with van der Waals surface area (Å²) < 4.78 is 0.986. The van der Waals surface area contributed by atoms with Crippen molar-refractivity contribution in [2.75, 3.05) is 25.5 Å². The van der Waals surface area contributed by atoms with Crippen molar-refractivity contribution in [2.24, 2.45) is 0 Å². The van der Waals surface area contributed by atoms with Gasteiger partial charge in [0.25, 0.3) is 0 Å². The van der Waals surface area contributed by atoms with E-state index in [2.05, 4.69) is 21.2 Å². The van der Waals surface area contributed by atoms with E-state index in [4.69, 9.17) is 0 Å². The van der Waals surface area contributed by atoms with Crippen molar-refractivity contribution in [1.29, 1.82) is 0 Å². The highest BCUT2D eigenvalue weighted by molar-refractivity contribution is 9.10. The van der Waals surface area contributed by atoms with Crippen molar-refractivity contribution in [3.63, 3.8) is 0 Å².